The number of anilines is 1. The Bertz CT molecular complexity index is 818. The minimum absolute atomic E-state index is 0.0903. The summed E-state index contributed by atoms with van der Waals surface area (Å²) in [6, 6.07) is 10.4. The van der Waals surface area contributed by atoms with Gasteiger partial charge in [-0.1, -0.05) is 11.6 Å². The third-order valence-corrected chi connectivity index (χ3v) is 4.56. The van der Waals surface area contributed by atoms with Crippen molar-refractivity contribution in [1.82, 2.24) is 0 Å². The lowest BCUT2D eigenvalue weighted by Gasteiger charge is -2.12. The summed E-state index contributed by atoms with van der Waals surface area (Å²) in [6.45, 7) is 1.22. The maximum Gasteiger partial charge on any atom is 0.341 e. The van der Waals surface area contributed by atoms with E-state index in [1.165, 1.54) is 36.4 Å². The van der Waals surface area contributed by atoms with Crippen LogP contribution in [0.1, 0.15) is 5.56 Å². The lowest BCUT2D eigenvalue weighted by Crippen LogP contribution is -2.14. The van der Waals surface area contributed by atoms with Crippen LogP contribution in [0.5, 0.6) is 5.75 Å². The van der Waals surface area contributed by atoms with Crippen molar-refractivity contribution in [2.45, 2.75) is 11.8 Å². The molecule has 0 amide bonds. The number of benzene rings is 2. The smallest absolute Gasteiger partial charge is 0.341 e. The Labute approximate surface area is 138 Å². The Hall–Kier alpha value is -2.25. The molecule has 0 aliphatic carbocycles. The van der Waals surface area contributed by atoms with E-state index in [9.17, 15) is 13.2 Å². The minimum Gasteiger partial charge on any atom is -0.482 e. The topological polar surface area (TPSA) is 92.7 Å². The normalized spacial score (nSPS) is 11.0. The lowest BCUT2D eigenvalue weighted by molar-refractivity contribution is -0.139. The van der Waals surface area contributed by atoms with Gasteiger partial charge in [0.1, 0.15) is 5.75 Å². The van der Waals surface area contributed by atoms with Crippen molar-refractivity contribution in [1.29, 1.82) is 0 Å². The second-order valence-corrected chi connectivity index (χ2v) is 6.84. The van der Waals surface area contributed by atoms with Crippen molar-refractivity contribution in [3.63, 3.8) is 0 Å². The summed E-state index contributed by atoms with van der Waals surface area (Å²) in [5.74, 6) is -0.741. The van der Waals surface area contributed by atoms with Crippen LogP contribution in [0.2, 0.25) is 5.02 Å². The molecule has 0 bridgehead atoms. The van der Waals surface area contributed by atoms with Crippen molar-refractivity contribution in [3.05, 3.63) is 53.1 Å². The fourth-order valence-electron chi connectivity index (χ4n) is 1.80. The number of halogens is 1. The molecule has 122 valence electrons. The van der Waals surface area contributed by atoms with Crippen LogP contribution >= 0.6 is 11.6 Å². The molecule has 6 nitrogen and oxygen atoms in total. The van der Waals surface area contributed by atoms with Gasteiger partial charge >= 0.3 is 5.97 Å². The highest BCUT2D eigenvalue weighted by molar-refractivity contribution is 7.92. The second-order valence-electron chi connectivity index (χ2n) is 4.72. The average Bonchev–Trinajstić information content (AvgIpc) is 2.48. The molecule has 0 aliphatic heterocycles. The molecule has 0 spiro atoms. The predicted octanol–water partition coefficient (Wildman–Crippen LogP) is 2.91. The summed E-state index contributed by atoms with van der Waals surface area (Å²) in [5, 5.41) is 9.02. The van der Waals surface area contributed by atoms with E-state index >= 15 is 0 Å². The maximum absolute atomic E-state index is 12.3. The van der Waals surface area contributed by atoms with Gasteiger partial charge in [-0.15, -0.1) is 0 Å². The molecule has 2 aromatic rings. The largest absolute Gasteiger partial charge is 0.482 e. The number of hydrogen-bond donors (Lipinski definition) is 2. The Kier molecular flexibility index (Phi) is 5.12. The molecule has 2 N–H and O–H groups in total. The number of hydrogen-bond acceptors (Lipinski definition) is 4. The van der Waals surface area contributed by atoms with Gasteiger partial charge in [0.15, 0.2) is 6.61 Å². The lowest BCUT2D eigenvalue weighted by atomic mass is 10.2. The molecule has 2 rings (SSSR count). The molecule has 0 aliphatic rings. The van der Waals surface area contributed by atoms with Gasteiger partial charge < -0.3 is 9.84 Å². The third kappa shape index (κ3) is 4.61. The molecule has 0 fully saturated rings. The summed E-state index contributed by atoms with van der Waals surface area (Å²) in [4.78, 5) is 10.6. The molecule has 2 aromatic carbocycles. The van der Waals surface area contributed by atoms with Crippen molar-refractivity contribution >= 4 is 33.3 Å². The zero-order valence-electron chi connectivity index (χ0n) is 12.1. The number of carboxylic acid groups (broad SMARTS) is 1. The highest BCUT2D eigenvalue weighted by Gasteiger charge is 2.15. The molecule has 0 aromatic heterocycles. The van der Waals surface area contributed by atoms with Gasteiger partial charge in [-0.05, 0) is 55.0 Å². The second kappa shape index (κ2) is 6.89. The van der Waals surface area contributed by atoms with Crippen LogP contribution in [0.4, 0.5) is 5.69 Å². The van der Waals surface area contributed by atoms with Crippen LogP contribution in [0.25, 0.3) is 0 Å². The number of ether oxygens (including phenoxy) is 1. The van der Waals surface area contributed by atoms with Gasteiger partial charge in [-0.3, -0.25) is 4.72 Å². The van der Waals surface area contributed by atoms with E-state index in [2.05, 4.69) is 4.72 Å². The van der Waals surface area contributed by atoms with Gasteiger partial charge in [0, 0.05) is 5.02 Å². The molecule has 23 heavy (non-hydrogen) atoms. The highest BCUT2D eigenvalue weighted by Crippen LogP contribution is 2.24. The first-order valence-electron chi connectivity index (χ1n) is 6.51. The van der Waals surface area contributed by atoms with E-state index in [4.69, 9.17) is 21.4 Å². The van der Waals surface area contributed by atoms with Gasteiger partial charge in [0.25, 0.3) is 10.0 Å². The quantitative estimate of drug-likeness (QED) is 0.831. The molecule has 0 atom stereocenters. The van der Waals surface area contributed by atoms with E-state index in [-0.39, 0.29) is 4.90 Å². The van der Waals surface area contributed by atoms with E-state index in [0.29, 0.717) is 22.0 Å². The summed E-state index contributed by atoms with van der Waals surface area (Å²) >= 11 is 5.75. The van der Waals surface area contributed by atoms with Gasteiger partial charge in [-0.2, -0.15) is 0 Å². The molecular weight excluding hydrogens is 342 g/mol. The van der Waals surface area contributed by atoms with Crippen LogP contribution < -0.4 is 9.46 Å². The zero-order chi connectivity index (χ0) is 17.0. The van der Waals surface area contributed by atoms with Gasteiger partial charge in [0.05, 0.1) is 10.6 Å². The number of aliphatic carboxylic acids is 1. The molecule has 0 saturated heterocycles. The van der Waals surface area contributed by atoms with Crippen molar-refractivity contribution < 1.29 is 23.1 Å². The van der Waals surface area contributed by atoms with E-state index in [0.717, 1.165) is 0 Å². The number of sulfonamides is 1. The van der Waals surface area contributed by atoms with Gasteiger partial charge in [0.2, 0.25) is 0 Å². The number of rotatable bonds is 6. The van der Waals surface area contributed by atoms with Crippen molar-refractivity contribution in [2.75, 3.05) is 11.3 Å². The summed E-state index contributed by atoms with van der Waals surface area (Å²) in [5.41, 5.74) is 0.980. The molecular formula is C15H14ClNO5S. The Morgan fingerprint density at radius 3 is 2.43 bits per heavy atom. The van der Waals surface area contributed by atoms with Crippen LogP contribution in [0, 0.1) is 6.92 Å². The Morgan fingerprint density at radius 1 is 1.22 bits per heavy atom. The fraction of sp³-hybridized carbons (Fsp3) is 0.133. The number of aryl methyl sites for hydroxylation is 1. The minimum atomic E-state index is -3.73. The van der Waals surface area contributed by atoms with Gasteiger partial charge in [-0.25, -0.2) is 13.2 Å². The summed E-state index contributed by atoms with van der Waals surface area (Å²) in [7, 11) is -3.73. The van der Waals surface area contributed by atoms with E-state index in [1.54, 1.807) is 13.0 Å². The number of carboxylic acids is 1. The SMILES string of the molecule is Cc1cc(OCC(=O)O)ccc1NS(=O)(=O)c1ccc(Cl)cc1. The maximum atomic E-state index is 12.3. The molecule has 0 radical (unpaired) electrons. The molecule has 0 unspecified atom stereocenters. The third-order valence-electron chi connectivity index (χ3n) is 2.93. The highest BCUT2D eigenvalue weighted by atomic mass is 35.5. The Morgan fingerprint density at radius 2 is 1.87 bits per heavy atom. The van der Waals surface area contributed by atoms with Crippen LogP contribution in [-0.4, -0.2) is 26.1 Å². The van der Waals surface area contributed by atoms with Crippen LogP contribution in [0.3, 0.4) is 0 Å². The predicted molar refractivity (Wildman–Crippen MR) is 86.6 cm³/mol. The first-order valence-corrected chi connectivity index (χ1v) is 8.38. The zero-order valence-corrected chi connectivity index (χ0v) is 13.7. The standard InChI is InChI=1S/C15H14ClNO5S/c1-10-8-12(22-9-15(18)19)4-7-14(10)17-23(20,21)13-5-2-11(16)3-6-13/h2-8,17H,9H2,1H3,(H,18,19). The molecule has 0 heterocycles. The van der Waals surface area contributed by atoms with Crippen LogP contribution in [-0.2, 0) is 14.8 Å². The molecule has 0 saturated carbocycles. The van der Waals surface area contributed by atoms with E-state index in [1.807, 2.05) is 0 Å². The van der Waals surface area contributed by atoms with Crippen molar-refractivity contribution in [3.8, 4) is 5.75 Å². The van der Waals surface area contributed by atoms with E-state index < -0.39 is 22.6 Å². The first kappa shape index (κ1) is 17.1. The van der Waals surface area contributed by atoms with Crippen molar-refractivity contribution in [2.24, 2.45) is 0 Å². The molecule has 8 heteroatoms. The summed E-state index contributed by atoms with van der Waals surface area (Å²) in [6.07, 6.45) is 0. The van der Waals surface area contributed by atoms with Crippen LogP contribution in [0.15, 0.2) is 47.4 Å². The number of carbonyl (C=O) groups is 1. The Balaban J connectivity index is 2.19. The monoisotopic (exact) mass is 355 g/mol. The average molecular weight is 356 g/mol. The summed E-state index contributed by atoms with van der Waals surface area (Å²) < 4.78 is 32.1. The fourth-order valence-corrected chi connectivity index (χ4v) is 3.06. The number of nitrogens with one attached hydrogen (secondary N) is 1. The first-order chi connectivity index (χ1) is 10.8.